The SMILES string of the molecule is NC(=O)c1ccc(F)c(NC(=O)Nc2ncnc3[nH]ncc23)c1F. The van der Waals surface area contributed by atoms with Crippen LogP contribution >= 0.6 is 0 Å². The number of hydrogen-bond donors (Lipinski definition) is 4. The number of nitrogens with zero attached hydrogens (tertiary/aromatic N) is 3. The quantitative estimate of drug-likeness (QED) is 0.573. The molecule has 0 saturated carbocycles. The maximum atomic E-state index is 14.1. The van der Waals surface area contributed by atoms with E-state index in [1.54, 1.807) is 0 Å². The van der Waals surface area contributed by atoms with Crippen molar-refractivity contribution in [2.45, 2.75) is 0 Å². The first kappa shape index (κ1) is 15.3. The first-order valence-corrected chi connectivity index (χ1v) is 6.47. The number of fused-ring (bicyclic) bond motifs is 1. The predicted molar refractivity (Wildman–Crippen MR) is 79.2 cm³/mol. The minimum Gasteiger partial charge on any atom is -0.366 e. The molecule has 9 nitrogen and oxygen atoms in total. The van der Waals surface area contributed by atoms with E-state index in [-0.39, 0.29) is 5.82 Å². The van der Waals surface area contributed by atoms with E-state index >= 15 is 0 Å². The Balaban J connectivity index is 1.87. The lowest BCUT2D eigenvalue weighted by Gasteiger charge is -2.10. The zero-order chi connectivity index (χ0) is 17.3. The summed E-state index contributed by atoms with van der Waals surface area (Å²) >= 11 is 0. The van der Waals surface area contributed by atoms with E-state index in [0.29, 0.717) is 11.0 Å². The number of carbonyl (C=O) groups is 2. The Morgan fingerprint density at radius 3 is 2.71 bits per heavy atom. The summed E-state index contributed by atoms with van der Waals surface area (Å²) in [6.07, 6.45) is 2.55. The number of carbonyl (C=O) groups excluding carboxylic acids is 2. The van der Waals surface area contributed by atoms with Crippen molar-refractivity contribution < 1.29 is 18.4 Å². The Labute approximate surface area is 132 Å². The minimum atomic E-state index is -1.27. The highest BCUT2D eigenvalue weighted by Gasteiger charge is 2.19. The second kappa shape index (κ2) is 5.87. The van der Waals surface area contributed by atoms with Crippen LogP contribution < -0.4 is 16.4 Å². The maximum Gasteiger partial charge on any atom is 0.325 e. The summed E-state index contributed by atoms with van der Waals surface area (Å²) in [5.74, 6) is -3.34. The van der Waals surface area contributed by atoms with Crippen molar-refractivity contribution >= 4 is 34.5 Å². The Kier molecular flexibility index (Phi) is 3.74. The molecule has 0 aliphatic carbocycles. The van der Waals surface area contributed by atoms with E-state index < -0.39 is 34.8 Å². The molecule has 0 fully saturated rings. The maximum absolute atomic E-state index is 14.1. The number of primary amides is 1. The first-order chi connectivity index (χ1) is 11.5. The van der Waals surface area contributed by atoms with Gasteiger partial charge in [0.05, 0.1) is 17.1 Å². The molecule has 24 heavy (non-hydrogen) atoms. The van der Waals surface area contributed by atoms with Gasteiger partial charge >= 0.3 is 6.03 Å². The van der Waals surface area contributed by atoms with Crippen molar-refractivity contribution in [1.82, 2.24) is 20.2 Å². The molecule has 11 heteroatoms. The molecule has 5 N–H and O–H groups in total. The van der Waals surface area contributed by atoms with Crippen molar-refractivity contribution in [1.29, 1.82) is 0 Å². The molecule has 2 heterocycles. The number of H-pyrrole nitrogens is 1. The Hall–Kier alpha value is -3.63. The third-order valence-electron chi connectivity index (χ3n) is 3.08. The van der Waals surface area contributed by atoms with Crippen LogP contribution in [0.2, 0.25) is 0 Å². The van der Waals surface area contributed by atoms with Gasteiger partial charge in [0.1, 0.15) is 23.6 Å². The molecular formula is C13H9F2N7O2. The van der Waals surface area contributed by atoms with Gasteiger partial charge in [0, 0.05) is 0 Å². The van der Waals surface area contributed by atoms with Crippen LogP contribution in [-0.2, 0) is 0 Å². The first-order valence-electron chi connectivity index (χ1n) is 6.47. The van der Waals surface area contributed by atoms with Crippen molar-refractivity contribution in [2.75, 3.05) is 10.6 Å². The zero-order valence-electron chi connectivity index (χ0n) is 11.8. The normalized spacial score (nSPS) is 10.6. The molecule has 0 aliphatic heterocycles. The second-order valence-corrected chi connectivity index (χ2v) is 4.58. The highest BCUT2D eigenvalue weighted by Crippen LogP contribution is 2.23. The van der Waals surface area contributed by atoms with Crippen molar-refractivity contribution in [3.8, 4) is 0 Å². The number of urea groups is 1. The fourth-order valence-corrected chi connectivity index (χ4v) is 1.97. The molecule has 0 radical (unpaired) electrons. The van der Waals surface area contributed by atoms with Crippen LogP contribution in [0.3, 0.4) is 0 Å². The van der Waals surface area contributed by atoms with Crippen LogP contribution in [0.5, 0.6) is 0 Å². The topological polar surface area (TPSA) is 139 Å². The van der Waals surface area contributed by atoms with Crippen LogP contribution in [0.15, 0.2) is 24.7 Å². The average Bonchev–Trinajstić information content (AvgIpc) is 3.00. The molecule has 0 aliphatic rings. The fourth-order valence-electron chi connectivity index (χ4n) is 1.97. The van der Waals surface area contributed by atoms with Gasteiger partial charge in [-0.05, 0) is 12.1 Å². The minimum absolute atomic E-state index is 0.0816. The average molecular weight is 333 g/mol. The van der Waals surface area contributed by atoms with Gasteiger partial charge in [0.25, 0.3) is 5.91 Å². The molecule has 0 unspecified atom stereocenters. The number of aromatic amines is 1. The van der Waals surface area contributed by atoms with Crippen LogP contribution in [0.25, 0.3) is 11.0 Å². The van der Waals surface area contributed by atoms with E-state index in [2.05, 4.69) is 25.5 Å². The number of amides is 3. The second-order valence-electron chi connectivity index (χ2n) is 4.58. The van der Waals surface area contributed by atoms with E-state index in [4.69, 9.17) is 5.73 Å². The summed E-state index contributed by atoms with van der Waals surface area (Å²) in [6.45, 7) is 0. The summed E-state index contributed by atoms with van der Waals surface area (Å²) in [4.78, 5) is 30.8. The predicted octanol–water partition coefficient (Wildman–Crippen LogP) is 1.37. The lowest BCUT2D eigenvalue weighted by molar-refractivity contribution is 0.0996. The number of halogens is 2. The number of rotatable bonds is 3. The standard InChI is InChI=1S/C13H9F2N7O2/c14-7-2-1-5(10(16)23)8(15)9(7)20-13(24)21-11-6-3-19-22-12(6)18-4-17-11/h1-4H,(H2,16,23)(H3,17,18,19,20,21,22,24). The Morgan fingerprint density at radius 1 is 1.17 bits per heavy atom. The number of anilines is 2. The Morgan fingerprint density at radius 2 is 1.96 bits per heavy atom. The van der Waals surface area contributed by atoms with Crippen LogP contribution in [0.1, 0.15) is 10.4 Å². The van der Waals surface area contributed by atoms with Gasteiger partial charge in [-0.1, -0.05) is 0 Å². The molecule has 3 amide bonds. The molecule has 3 aromatic rings. The number of hydrogen-bond acceptors (Lipinski definition) is 5. The monoisotopic (exact) mass is 333 g/mol. The summed E-state index contributed by atoms with van der Waals surface area (Å²) in [7, 11) is 0. The summed E-state index contributed by atoms with van der Waals surface area (Å²) < 4.78 is 27.8. The number of benzene rings is 1. The zero-order valence-corrected chi connectivity index (χ0v) is 11.8. The van der Waals surface area contributed by atoms with E-state index in [1.807, 2.05) is 5.32 Å². The summed E-state index contributed by atoms with van der Waals surface area (Å²) in [5, 5.41) is 11.0. The summed E-state index contributed by atoms with van der Waals surface area (Å²) in [6, 6.07) is 0.725. The van der Waals surface area contributed by atoms with Gasteiger partial charge in [-0.25, -0.2) is 23.5 Å². The number of aromatic nitrogens is 4. The third-order valence-corrected chi connectivity index (χ3v) is 3.08. The van der Waals surface area contributed by atoms with Crippen LogP contribution in [0.4, 0.5) is 25.1 Å². The lowest BCUT2D eigenvalue weighted by atomic mass is 10.1. The Bertz CT molecular complexity index is 957. The molecule has 122 valence electrons. The van der Waals surface area contributed by atoms with Gasteiger partial charge < -0.3 is 11.1 Å². The van der Waals surface area contributed by atoms with E-state index in [9.17, 15) is 18.4 Å². The molecule has 1 aromatic carbocycles. The highest BCUT2D eigenvalue weighted by molar-refractivity contribution is 6.04. The molecule has 0 bridgehead atoms. The smallest absolute Gasteiger partial charge is 0.325 e. The van der Waals surface area contributed by atoms with Crippen LogP contribution in [0, 0.1) is 11.6 Å². The van der Waals surface area contributed by atoms with Crippen molar-refractivity contribution in [2.24, 2.45) is 5.73 Å². The van der Waals surface area contributed by atoms with Crippen molar-refractivity contribution in [3.63, 3.8) is 0 Å². The van der Waals surface area contributed by atoms with Gasteiger partial charge in [-0.2, -0.15) is 5.10 Å². The molecular weight excluding hydrogens is 324 g/mol. The summed E-state index contributed by atoms with van der Waals surface area (Å²) in [5.41, 5.74) is 4.00. The van der Waals surface area contributed by atoms with Gasteiger partial charge in [0.2, 0.25) is 0 Å². The molecule has 0 spiro atoms. The lowest BCUT2D eigenvalue weighted by Crippen LogP contribution is -2.23. The van der Waals surface area contributed by atoms with Gasteiger partial charge in [-0.3, -0.25) is 15.2 Å². The van der Waals surface area contributed by atoms with Crippen molar-refractivity contribution in [3.05, 3.63) is 41.9 Å². The molecule has 2 aromatic heterocycles. The van der Waals surface area contributed by atoms with E-state index in [0.717, 1.165) is 12.1 Å². The molecule has 3 rings (SSSR count). The van der Waals surface area contributed by atoms with E-state index in [1.165, 1.54) is 12.5 Å². The number of nitrogens with two attached hydrogens (primary N) is 1. The van der Waals surface area contributed by atoms with Gasteiger partial charge in [-0.15, -0.1) is 0 Å². The third kappa shape index (κ3) is 2.69. The largest absolute Gasteiger partial charge is 0.366 e. The number of nitrogens with one attached hydrogen (secondary N) is 3. The van der Waals surface area contributed by atoms with Gasteiger partial charge in [0.15, 0.2) is 11.5 Å². The molecule has 0 saturated heterocycles. The molecule has 0 atom stereocenters. The fraction of sp³-hybridized carbons (Fsp3) is 0. The van der Waals surface area contributed by atoms with Crippen LogP contribution in [-0.4, -0.2) is 32.1 Å². The highest BCUT2D eigenvalue weighted by atomic mass is 19.1.